The summed E-state index contributed by atoms with van der Waals surface area (Å²) in [5, 5.41) is 40.5. The van der Waals surface area contributed by atoms with Gasteiger partial charge >= 0.3 is 23.9 Å². The van der Waals surface area contributed by atoms with Crippen molar-refractivity contribution in [1.82, 2.24) is 0 Å². The largest absolute Gasteiger partial charge is 0.478 e. The standard InChI is InChI=1S/C36H38O8/c37-29(38)23-3-1-5-25(27(23)31(41)42)33-9-19-7-20(10-33)14-35(13-19,17-33)36-15-21-8-22(16-36)12-34(11-21,18-36)26-6-2-4-24(30(39)40)28(26)32(43)44/h1-6,19-22H,7-18H2,(H,37,38)(H,39,40)(H,41,42)(H,43,44). The molecule has 8 nitrogen and oxygen atoms in total. The first kappa shape index (κ1) is 27.8. The number of aromatic carboxylic acids is 4. The number of rotatable bonds is 7. The smallest absolute Gasteiger partial charge is 0.336 e. The van der Waals surface area contributed by atoms with Gasteiger partial charge in [-0.2, -0.15) is 0 Å². The molecule has 4 unspecified atom stereocenters. The number of carboxylic acids is 4. The van der Waals surface area contributed by atoms with Gasteiger partial charge in [-0.15, -0.1) is 0 Å². The Morgan fingerprint density at radius 1 is 0.500 bits per heavy atom. The third kappa shape index (κ3) is 3.63. The van der Waals surface area contributed by atoms with Crippen molar-refractivity contribution in [3.05, 3.63) is 69.8 Å². The van der Waals surface area contributed by atoms with Crippen LogP contribution in [0.4, 0.5) is 0 Å². The molecule has 0 aliphatic heterocycles. The lowest BCUT2D eigenvalue weighted by molar-refractivity contribution is -0.212. The van der Waals surface area contributed by atoms with Crippen molar-refractivity contribution >= 4 is 23.9 Å². The zero-order valence-electron chi connectivity index (χ0n) is 24.7. The van der Waals surface area contributed by atoms with Gasteiger partial charge in [0, 0.05) is 0 Å². The third-order valence-corrected chi connectivity index (χ3v) is 13.4. The third-order valence-electron chi connectivity index (χ3n) is 13.4. The number of carbonyl (C=O) groups is 4. The average molecular weight is 599 g/mol. The minimum absolute atomic E-state index is 0.0388. The van der Waals surface area contributed by atoms with Gasteiger partial charge in [0.15, 0.2) is 0 Å². The molecule has 4 N–H and O–H groups in total. The van der Waals surface area contributed by atoms with Crippen molar-refractivity contribution in [2.24, 2.45) is 34.5 Å². The average Bonchev–Trinajstić information content (AvgIpc) is 2.95. The van der Waals surface area contributed by atoms with Crippen molar-refractivity contribution in [3.63, 3.8) is 0 Å². The van der Waals surface area contributed by atoms with Crippen LogP contribution < -0.4 is 0 Å². The molecular formula is C36H38O8. The molecule has 8 saturated carbocycles. The van der Waals surface area contributed by atoms with Crippen LogP contribution in [0.5, 0.6) is 0 Å². The summed E-state index contributed by atoms with van der Waals surface area (Å²) < 4.78 is 0. The van der Waals surface area contributed by atoms with Crippen molar-refractivity contribution in [3.8, 4) is 0 Å². The van der Waals surface area contributed by atoms with Gasteiger partial charge in [-0.25, -0.2) is 19.2 Å². The van der Waals surface area contributed by atoms with E-state index in [1.807, 2.05) is 12.1 Å². The zero-order valence-corrected chi connectivity index (χ0v) is 24.7. The van der Waals surface area contributed by atoms with Gasteiger partial charge in [-0.1, -0.05) is 24.3 Å². The van der Waals surface area contributed by atoms with Crippen molar-refractivity contribution in [2.75, 3.05) is 0 Å². The molecule has 0 aromatic heterocycles. The molecule has 0 amide bonds. The molecule has 0 saturated heterocycles. The quantitative estimate of drug-likeness (QED) is 0.270. The molecule has 0 spiro atoms. The normalized spacial score (nSPS) is 39.4. The maximum Gasteiger partial charge on any atom is 0.336 e. The predicted octanol–water partition coefficient (Wildman–Crippen LogP) is 6.86. The Balaban J connectivity index is 1.27. The van der Waals surface area contributed by atoms with E-state index in [0.717, 1.165) is 77.0 Å². The Labute approximate surface area is 255 Å². The van der Waals surface area contributed by atoms with Crippen LogP contribution >= 0.6 is 0 Å². The maximum absolute atomic E-state index is 12.7. The van der Waals surface area contributed by atoms with Gasteiger partial charge in [0.25, 0.3) is 0 Å². The highest BCUT2D eigenvalue weighted by Gasteiger charge is 2.70. The minimum atomic E-state index is -1.22. The van der Waals surface area contributed by atoms with E-state index in [9.17, 15) is 39.6 Å². The van der Waals surface area contributed by atoms with Gasteiger partial charge < -0.3 is 20.4 Å². The van der Waals surface area contributed by atoms with Crippen molar-refractivity contribution in [2.45, 2.75) is 87.9 Å². The highest BCUT2D eigenvalue weighted by molar-refractivity contribution is 6.04. The van der Waals surface area contributed by atoms with Crippen LogP contribution in [-0.4, -0.2) is 44.3 Å². The predicted molar refractivity (Wildman–Crippen MR) is 158 cm³/mol. The van der Waals surface area contributed by atoms with Crippen LogP contribution in [-0.2, 0) is 10.8 Å². The van der Waals surface area contributed by atoms with E-state index < -0.39 is 34.7 Å². The second-order valence-electron chi connectivity index (χ2n) is 15.7. The topological polar surface area (TPSA) is 149 Å². The summed E-state index contributed by atoms with van der Waals surface area (Å²) in [4.78, 5) is 49.6. The number of hydrogen-bond acceptors (Lipinski definition) is 4. The lowest BCUT2D eigenvalue weighted by atomic mass is 9.30. The molecular weight excluding hydrogens is 560 g/mol. The second kappa shape index (κ2) is 8.95. The van der Waals surface area contributed by atoms with E-state index >= 15 is 0 Å². The van der Waals surface area contributed by atoms with Crippen LogP contribution in [0.3, 0.4) is 0 Å². The monoisotopic (exact) mass is 598 g/mol. The fourth-order valence-electron chi connectivity index (χ4n) is 13.2. The maximum atomic E-state index is 12.7. The van der Waals surface area contributed by atoms with Gasteiger partial charge in [-0.3, -0.25) is 0 Å². The lowest BCUT2D eigenvalue weighted by Gasteiger charge is -2.74. The fourth-order valence-corrected chi connectivity index (χ4v) is 13.2. The van der Waals surface area contributed by atoms with E-state index in [4.69, 9.17) is 0 Å². The van der Waals surface area contributed by atoms with Crippen LogP contribution in [0, 0.1) is 34.5 Å². The molecule has 8 heteroatoms. The molecule has 2 aromatic rings. The summed E-state index contributed by atoms with van der Waals surface area (Å²) in [5.41, 5.74) is 0.0960. The molecule has 44 heavy (non-hydrogen) atoms. The van der Waals surface area contributed by atoms with E-state index in [-0.39, 0.29) is 33.1 Å². The highest BCUT2D eigenvalue weighted by Crippen LogP contribution is 2.79. The Morgan fingerprint density at radius 3 is 1.14 bits per heavy atom. The Bertz CT molecular complexity index is 1500. The van der Waals surface area contributed by atoms with Crippen molar-refractivity contribution < 1.29 is 39.6 Å². The van der Waals surface area contributed by atoms with Crippen LogP contribution in [0.1, 0.15) is 130 Å². The summed E-state index contributed by atoms with van der Waals surface area (Å²) in [6.07, 6.45) is 11.8. The molecule has 0 heterocycles. The summed E-state index contributed by atoms with van der Waals surface area (Å²) in [7, 11) is 0. The second-order valence-corrected chi connectivity index (χ2v) is 15.7. The number of hydrogen-bond donors (Lipinski definition) is 4. The molecule has 10 rings (SSSR count). The summed E-state index contributed by atoms with van der Waals surface area (Å²) in [5.74, 6) is -3.03. The Morgan fingerprint density at radius 2 is 0.841 bits per heavy atom. The molecule has 0 radical (unpaired) electrons. The van der Waals surface area contributed by atoms with Crippen molar-refractivity contribution in [1.29, 1.82) is 0 Å². The molecule has 8 fully saturated rings. The molecule has 2 aromatic carbocycles. The summed E-state index contributed by atoms with van der Waals surface area (Å²) in [6.45, 7) is 0. The first-order valence-electron chi connectivity index (χ1n) is 16.1. The van der Waals surface area contributed by atoms with E-state index in [1.54, 1.807) is 12.1 Å². The zero-order chi connectivity index (χ0) is 30.8. The van der Waals surface area contributed by atoms with Gasteiger partial charge in [0.1, 0.15) is 0 Å². The minimum Gasteiger partial charge on any atom is -0.478 e. The van der Waals surface area contributed by atoms with E-state index in [1.165, 1.54) is 12.1 Å². The fraction of sp³-hybridized carbons (Fsp3) is 0.556. The first-order chi connectivity index (χ1) is 20.9. The van der Waals surface area contributed by atoms with Gasteiger partial charge in [0.2, 0.25) is 0 Å². The number of benzene rings is 2. The van der Waals surface area contributed by atoms with Crippen LogP contribution in [0.25, 0.3) is 0 Å². The lowest BCUT2D eigenvalue weighted by Crippen LogP contribution is -2.66. The Hall–Kier alpha value is -3.68. The summed E-state index contributed by atoms with van der Waals surface area (Å²) >= 11 is 0. The van der Waals surface area contributed by atoms with Crippen LogP contribution in [0.15, 0.2) is 36.4 Å². The van der Waals surface area contributed by atoms with E-state index in [2.05, 4.69) is 0 Å². The first-order valence-corrected chi connectivity index (χ1v) is 16.1. The molecule has 8 bridgehead atoms. The molecule has 230 valence electrons. The number of carboxylic acid groups (broad SMARTS) is 4. The summed E-state index contributed by atoms with van der Waals surface area (Å²) in [6, 6.07) is 9.96. The van der Waals surface area contributed by atoms with E-state index in [0.29, 0.717) is 34.8 Å². The van der Waals surface area contributed by atoms with Gasteiger partial charge in [-0.05, 0) is 146 Å². The highest BCUT2D eigenvalue weighted by atomic mass is 16.4. The van der Waals surface area contributed by atoms with Crippen LogP contribution in [0.2, 0.25) is 0 Å². The molecule has 4 atom stereocenters. The molecule has 8 aliphatic carbocycles. The molecule has 8 aliphatic rings. The Kier molecular flexibility index (Phi) is 5.66. The van der Waals surface area contributed by atoms with Gasteiger partial charge in [0.05, 0.1) is 22.3 Å². The SMILES string of the molecule is O=C(O)c1cccc(C23CC4CC(C2)CC(C25CC6CC(CC(c7cccc(C(=O)O)c7C(=O)O)(C6)C2)C5)(C4)C3)c1C(=O)O.